The zero-order chi connectivity index (χ0) is 35.2. The van der Waals surface area contributed by atoms with Crippen molar-refractivity contribution >= 4 is 50.3 Å². The van der Waals surface area contributed by atoms with Gasteiger partial charge in [-0.25, -0.2) is 4.63 Å². The predicted octanol–water partition coefficient (Wildman–Crippen LogP) is 10.3. The van der Waals surface area contributed by atoms with Gasteiger partial charge in [0, 0.05) is 47.4 Å². The molecule has 6 aromatic carbocycles. The molecule has 8 aromatic rings. The molecule has 0 aliphatic heterocycles. The number of hydrogen-bond acceptors (Lipinski definition) is 9. The van der Waals surface area contributed by atoms with Gasteiger partial charge in [-0.2, -0.15) is 26.3 Å². The van der Waals surface area contributed by atoms with Crippen LogP contribution in [0.3, 0.4) is 0 Å². The Morgan fingerprint density at radius 3 is 2.10 bits per heavy atom. The lowest BCUT2D eigenvalue weighted by molar-refractivity contribution is -0.0511. The number of ether oxygens (including phenoxy) is 2. The molecule has 8 nitrogen and oxygen atoms in total. The van der Waals surface area contributed by atoms with Crippen LogP contribution in [0.5, 0.6) is 11.5 Å². The Hall–Kier alpha value is -6.08. The first-order valence-corrected chi connectivity index (χ1v) is 16.3. The van der Waals surface area contributed by atoms with Crippen LogP contribution in [0.2, 0.25) is 0 Å². The van der Waals surface area contributed by atoms with E-state index in [2.05, 4.69) is 19.1 Å². The van der Waals surface area contributed by atoms with E-state index in [9.17, 15) is 17.6 Å². The molecular formula is C38H25F4N5O3S. The van der Waals surface area contributed by atoms with E-state index in [1.54, 1.807) is 30.3 Å². The molecule has 0 spiro atoms. The van der Waals surface area contributed by atoms with E-state index in [-0.39, 0.29) is 22.6 Å². The Bertz CT molecular complexity index is 2570. The number of halogens is 4. The van der Waals surface area contributed by atoms with Crippen molar-refractivity contribution in [3.05, 3.63) is 103 Å². The van der Waals surface area contributed by atoms with Crippen LogP contribution in [0.15, 0.2) is 108 Å². The summed E-state index contributed by atoms with van der Waals surface area (Å²) in [5.74, 6) is -0.440. The van der Waals surface area contributed by atoms with Gasteiger partial charge in [0.1, 0.15) is 33.6 Å². The lowest BCUT2D eigenvalue weighted by atomic mass is 9.82. The molecule has 0 unspecified atom stereocenters. The summed E-state index contributed by atoms with van der Waals surface area (Å²) >= 11 is 1.06. The Morgan fingerprint density at radius 2 is 1.27 bits per heavy atom. The lowest BCUT2D eigenvalue weighted by Crippen LogP contribution is -2.09. The molecule has 0 atom stereocenters. The predicted molar refractivity (Wildman–Crippen MR) is 190 cm³/mol. The Kier molecular flexibility index (Phi) is 8.19. The molecular weight excluding hydrogens is 683 g/mol. The second kappa shape index (κ2) is 13.0. The number of rotatable bonds is 9. The van der Waals surface area contributed by atoms with Crippen LogP contribution in [0.1, 0.15) is 0 Å². The van der Waals surface area contributed by atoms with Crippen molar-refractivity contribution in [3.63, 3.8) is 0 Å². The summed E-state index contributed by atoms with van der Waals surface area (Å²) in [4.78, 5) is 1.96. The molecule has 0 aliphatic rings. The van der Waals surface area contributed by atoms with Crippen LogP contribution in [-0.2, 0) is 0 Å². The molecule has 8 rings (SSSR count). The molecule has 0 saturated heterocycles. The van der Waals surface area contributed by atoms with Crippen LogP contribution in [-0.4, -0.2) is 46.4 Å². The highest BCUT2D eigenvalue weighted by molar-refractivity contribution is 7.00. The molecule has 0 radical (unpaired) electrons. The van der Waals surface area contributed by atoms with E-state index < -0.39 is 13.2 Å². The lowest BCUT2D eigenvalue weighted by Gasteiger charge is -2.25. The van der Waals surface area contributed by atoms with E-state index in [1.807, 2.05) is 73.6 Å². The molecule has 51 heavy (non-hydrogen) atoms. The maximum Gasteiger partial charge on any atom is 0.387 e. The molecule has 2 heterocycles. The quantitative estimate of drug-likeness (QED) is 0.137. The highest BCUT2D eigenvalue weighted by atomic mass is 32.1. The standard InChI is InChI=1S/C38H25F4N5O3S/c1-47(2)32-11-6-8-22-23(32)9-5-10-25(22)35-34(21-14-15-28-30(18-21)44-50-43-28)26(20-13-16-29-31(17-20)46-51-45-29)19-27(36(35)49-38(41)42)24-7-3-4-12-33(24)48-37(39)40/h3-19,37-38H,1-2H3. The smallest absolute Gasteiger partial charge is 0.387 e. The summed E-state index contributed by atoms with van der Waals surface area (Å²) in [7, 11) is 3.84. The SMILES string of the molecule is CN(C)c1cccc2c(-c3c(OC(F)F)c(-c4ccccc4OC(F)F)cc(-c4ccc5nsnc5c4)c3-c3ccc4nonc4c3)cccc12. The van der Waals surface area contributed by atoms with Gasteiger partial charge in [0.2, 0.25) is 0 Å². The summed E-state index contributed by atoms with van der Waals surface area (Å²) < 4.78 is 81.3. The van der Waals surface area contributed by atoms with Crippen molar-refractivity contribution < 1.29 is 31.7 Å². The highest BCUT2D eigenvalue weighted by Crippen LogP contribution is 2.54. The van der Waals surface area contributed by atoms with Crippen LogP contribution in [0.25, 0.3) is 77.3 Å². The van der Waals surface area contributed by atoms with E-state index in [1.165, 1.54) is 18.2 Å². The fraction of sp³-hybridized carbons (Fsp3) is 0.105. The summed E-state index contributed by atoms with van der Waals surface area (Å²) in [5.41, 5.74) is 6.56. The van der Waals surface area contributed by atoms with E-state index >= 15 is 0 Å². The van der Waals surface area contributed by atoms with Crippen molar-refractivity contribution in [1.29, 1.82) is 0 Å². The summed E-state index contributed by atoms with van der Waals surface area (Å²) in [6.45, 7) is -6.45. The Labute approximate surface area is 291 Å². The van der Waals surface area contributed by atoms with Crippen LogP contribution < -0.4 is 14.4 Å². The monoisotopic (exact) mass is 707 g/mol. The van der Waals surface area contributed by atoms with E-state index in [0.29, 0.717) is 55.4 Å². The van der Waals surface area contributed by atoms with E-state index in [4.69, 9.17) is 14.1 Å². The molecule has 0 aliphatic carbocycles. The van der Waals surface area contributed by atoms with Crippen molar-refractivity contribution in [3.8, 4) is 56.0 Å². The van der Waals surface area contributed by atoms with Gasteiger partial charge in [0.25, 0.3) is 0 Å². The van der Waals surface area contributed by atoms with Crippen LogP contribution in [0, 0.1) is 0 Å². The molecule has 254 valence electrons. The van der Waals surface area contributed by atoms with Gasteiger partial charge in [-0.3, -0.25) is 0 Å². The fourth-order valence-electron chi connectivity index (χ4n) is 6.54. The molecule has 2 aromatic heterocycles. The van der Waals surface area contributed by atoms with Gasteiger partial charge in [-0.05, 0) is 80.4 Å². The van der Waals surface area contributed by atoms with Gasteiger partial charge >= 0.3 is 13.2 Å². The molecule has 0 amide bonds. The first-order chi connectivity index (χ1) is 24.8. The second-order valence-corrected chi connectivity index (χ2v) is 12.3. The average molecular weight is 708 g/mol. The van der Waals surface area contributed by atoms with Crippen LogP contribution in [0.4, 0.5) is 23.2 Å². The Morgan fingerprint density at radius 1 is 0.588 bits per heavy atom. The molecule has 13 heteroatoms. The first-order valence-electron chi connectivity index (χ1n) is 15.6. The summed E-state index contributed by atoms with van der Waals surface area (Å²) in [6, 6.07) is 29.9. The minimum absolute atomic E-state index is 0.113. The zero-order valence-electron chi connectivity index (χ0n) is 26.9. The largest absolute Gasteiger partial charge is 0.434 e. The minimum Gasteiger partial charge on any atom is -0.434 e. The molecule has 0 N–H and O–H groups in total. The van der Waals surface area contributed by atoms with Gasteiger partial charge in [-0.15, -0.1) is 0 Å². The number of nitrogens with zero attached hydrogens (tertiary/aromatic N) is 5. The third kappa shape index (κ3) is 5.84. The van der Waals surface area contributed by atoms with Crippen molar-refractivity contribution in [2.75, 3.05) is 19.0 Å². The average Bonchev–Trinajstić information content (AvgIpc) is 3.80. The second-order valence-electron chi connectivity index (χ2n) is 11.8. The third-order valence-electron chi connectivity index (χ3n) is 8.64. The highest BCUT2D eigenvalue weighted by Gasteiger charge is 2.29. The van der Waals surface area contributed by atoms with Crippen molar-refractivity contribution in [1.82, 2.24) is 19.1 Å². The molecule has 0 saturated carbocycles. The van der Waals surface area contributed by atoms with Gasteiger partial charge in [-0.1, -0.05) is 60.7 Å². The third-order valence-corrected chi connectivity index (χ3v) is 9.19. The number of para-hydroxylation sites is 1. The fourth-order valence-corrected chi connectivity index (χ4v) is 7.05. The Balaban J connectivity index is 1.59. The number of hydrogen-bond donors (Lipinski definition) is 0. The van der Waals surface area contributed by atoms with Crippen LogP contribution >= 0.6 is 11.7 Å². The maximum atomic E-state index is 14.7. The number of fused-ring (bicyclic) bond motifs is 3. The van der Waals surface area contributed by atoms with E-state index in [0.717, 1.165) is 28.2 Å². The molecule has 0 fully saturated rings. The minimum atomic E-state index is -3.28. The number of aromatic nitrogens is 4. The summed E-state index contributed by atoms with van der Waals surface area (Å²) in [6.07, 6.45) is 0. The van der Waals surface area contributed by atoms with Crippen molar-refractivity contribution in [2.45, 2.75) is 13.2 Å². The first kappa shape index (κ1) is 32.1. The molecule has 0 bridgehead atoms. The van der Waals surface area contributed by atoms with Gasteiger partial charge < -0.3 is 14.4 Å². The van der Waals surface area contributed by atoms with Crippen molar-refractivity contribution in [2.24, 2.45) is 0 Å². The van der Waals surface area contributed by atoms with Gasteiger partial charge in [0.05, 0.1) is 11.7 Å². The summed E-state index contributed by atoms with van der Waals surface area (Å²) in [5, 5.41) is 9.60. The zero-order valence-corrected chi connectivity index (χ0v) is 27.7. The number of benzene rings is 6. The van der Waals surface area contributed by atoms with Gasteiger partial charge in [0.15, 0.2) is 0 Å². The maximum absolute atomic E-state index is 14.7. The number of alkyl halides is 4. The number of anilines is 1. The topological polar surface area (TPSA) is 86.4 Å². The normalized spacial score (nSPS) is 11.7.